The lowest BCUT2D eigenvalue weighted by molar-refractivity contribution is -0.390. The van der Waals surface area contributed by atoms with Crippen molar-refractivity contribution >= 4 is 12.3 Å². The largest absolute Gasteiger partial charge is 0.454 e. The molecule has 2 heterocycles. The minimum atomic E-state index is -2.23. The number of likely N-dealkylation sites (N-methyl/N-ethyl adjacent to an activating group) is 1. The molecular formula is C77H97NO9. The SMILES string of the molecule is CCC1c2cccc(c2)CCC2CC3CCOC4C5CCC(C(C)C6CCCC6)CC6C(O)C7(O)C(CCC89CC%10(C#Cc%11cccc(CO)c%11CC(NC)C%11CC(CC87O)C9C7=CC(=O)OC7%11)CCC(Cc7cccc1c7)C%10)C(C=O)(CC34C2)C56O. The molecule has 464 valence electrons. The van der Waals surface area contributed by atoms with Crippen LogP contribution in [0.25, 0.3) is 0 Å². The summed E-state index contributed by atoms with van der Waals surface area (Å²) < 4.78 is 13.9. The Kier molecular flexibility index (Phi) is 13.9. The molecular weight excluding hydrogens is 1080 g/mol. The maximum absolute atomic E-state index is 15.8. The van der Waals surface area contributed by atoms with Crippen LogP contribution in [0.1, 0.15) is 194 Å². The topological polar surface area (TPSA) is 166 Å². The summed E-state index contributed by atoms with van der Waals surface area (Å²) in [7, 11) is 1.97. The van der Waals surface area contributed by atoms with Gasteiger partial charge in [0.15, 0.2) is 0 Å². The molecule has 23 atom stereocenters. The van der Waals surface area contributed by atoms with Crippen LogP contribution in [0.4, 0.5) is 0 Å². The van der Waals surface area contributed by atoms with Crippen LogP contribution in [0.3, 0.4) is 0 Å². The molecule has 3 aromatic carbocycles. The number of aryl methyl sites for hydroxylation is 1. The van der Waals surface area contributed by atoms with Crippen molar-refractivity contribution in [3.8, 4) is 11.8 Å². The molecule has 10 nitrogen and oxygen atoms in total. The quantitative estimate of drug-likeness (QED) is 0.0795. The summed E-state index contributed by atoms with van der Waals surface area (Å²) in [5.41, 5.74) is -0.732. The Labute approximate surface area is 516 Å². The van der Waals surface area contributed by atoms with Crippen LogP contribution in [-0.4, -0.2) is 92.6 Å². The molecule has 9 saturated carbocycles. The van der Waals surface area contributed by atoms with Gasteiger partial charge in [-0.25, -0.2) is 4.79 Å². The van der Waals surface area contributed by atoms with Crippen LogP contribution in [0.15, 0.2) is 78.4 Å². The molecule has 23 unspecified atom stereocenters. The van der Waals surface area contributed by atoms with Gasteiger partial charge < -0.3 is 45.1 Å². The number of fused-ring (bicyclic) bond motifs is 4. The van der Waals surface area contributed by atoms with Crippen molar-refractivity contribution < 1.29 is 44.6 Å². The molecule has 0 aromatic heterocycles. The van der Waals surface area contributed by atoms with E-state index in [-0.39, 0.29) is 72.6 Å². The molecule has 10 fully saturated rings. The van der Waals surface area contributed by atoms with Crippen molar-refractivity contribution in [2.45, 2.75) is 222 Å². The molecule has 15 aliphatic rings. The number of ether oxygens (including phenoxy) is 2. The van der Waals surface area contributed by atoms with E-state index >= 15 is 15.0 Å². The third kappa shape index (κ3) is 8.09. The fourth-order valence-electron chi connectivity index (χ4n) is 25.7. The molecule has 0 radical (unpaired) electrons. The average Bonchev–Trinajstić information content (AvgIpc) is 1.63. The molecule has 3 aromatic rings. The summed E-state index contributed by atoms with van der Waals surface area (Å²) in [6.07, 6.45) is 19.1. The normalized spacial score (nSPS) is 46.9. The highest BCUT2D eigenvalue weighted by Gasteiger charge is 2.88. The number of aliphatic hydroxyl groups excluding tert-OH is 2. The Morgan fingerprint density at radius 2 is 1.60 bits per heavy atom. The standard InChI is InChI=1S/C77H97NO9/c1-4-58-53-15-7-10-46(31-53)18-19-48-33-57-25-29-86-70-62-21-20-52(45(2)50-12-5-6-13-50)35-63-69(82)77(85)65(74(44-80,76(62,63)84)43-72(57,70)39-48)24-28-73-42-71(26-22-49(38-71)30-47-11-8-16-54(58)32-47)27-23-51-14-9-17-55(41-79)59(51)36-64(78-3)60-34-56(40-75(73,77)83)67(73)61-37-66(81)87-68(60)61/h7-11,14-17,31-32,37,44-45,48-50,52,56-58,60,62-65,67-70,78-79,82-85H,4-6,12-13,18-22,24-26,28-30,33-36,38-43H2,1-3H3. The Bertz CT molecular complexity index is 3320. The summed E-state index contributed by atoms with van der Waals surface area (Å²) in [6.45, 7) is 5.20. The van der Waals surface area contributed by atoms with Gasteiger partial charge in [0.1, 0.15) is 23.6 Å². The van der Waals surface area contributed by atoms with Crippen LogP contribution in [0, 0.1) is 105 Å². The van der Waals surface area contributed by atoms with Crippen molar-refractivity contribution in [3.63, 3.8) is 0 Å². The first-order valence-corrected chi connectivity index (χ1v) is 35.0. The van der Waals surface area contributed by atoms with Gasteiger partial charge in [0.05, 0.1) is 29.8 Å². The maximum Gasteiger partial charge on any atom is 0.331 e. The number of hydrogen-bond donors (Lipinski definition) is 6. The van der Waals surface area contributed by atoms with Gasteiger partial charge in [-0.3, -0.25) is 0 Å². The number of aldehydes is 1. The molecule has 3 spiro atoms. The van der Waals surface area contributed by atoms with Gasteiger partial charge in [-0.2, -0.15) is 0 Å². The molecule has 6 N–H and O–H groups in total. The highest BCUT2D eigenvalue weighted by atomic mass is 16.5. The third-order valence-electron chi connectivity index (χ3n) is 29.0. The second-order valence-electron chi connectivity index (χ2n) is 32.1. The molecule has 15 bridgehead atoms. The summed E-state index contributed by atoms with van der Waals surface area (Å²) in [4.78, 5) is 30.1. The fourth-order valence-corrected chi connectivity index (χ4v) is 25.7. The first kappa shape index (κ1) is 57.9. The molecule has 1 saturated heterocycles. The van der Waals surface area contributed by atoms with Crippen molar-refractivity contribution in [3.05, 3.63) is 117 Å². The number of aliphatic hydroxyl groups is 5. The first-order valence-electron chi connectivity index (χ1n) is 35.0. The van der Waals surface area contributed by atoms with Gasteiger partial charge in [0.2, 0.25) is 0 Å². The zero-order valence-electron chi connectivity index (χ0n) is 52.1. The fraction of sp³-hybridized carbons (Fsp3) is 0.688. The van der Waals surface area contributed by atoms with E-state index in [0.29, 0.717) is 75.7 Å². The van der Waals surface area contributed by atoms with E-state index in [4.69, 9.17) is 9.47 Å². The molecule has 13 aliphatic carbocycles. The van der Waals surface area contributed by atoms with E-state index in [1.54, 1.807) is 6.08 Å². The highest BCUT2D eigenvalue weighted by molar-refractivity contribution is 5.86. The van der Waals surface area contributed by atoms with Gasteiger partial charge in [0, 0.05) is 70.1 Å². The van der Waals surface area contributed by atoms with E-state index in [1.807, 2.05) is 19.2 Å². The number of nitrogens with one attached hydrogen (secondary N) is 1. The Morgan fingerprint density at radius 1 is 0.805 bits per heavy atom. The van der Waals surface area contributed by atoms with Crippen molar-refractivity contribution in [1.82, 2.24) is 5.32 Å². The molecule has 18 rings (SSSR count). The van der Waals surface area contributed by atoms with Gasteiger partial charge in [0.25, 0.3) is 0 Å². The van der Waals surface area contributed by atoms with Crippen LogP contribution in [0.5, 0.6) is 0 Å². The molecule has 2 aliphatic heterocycles. The third-order valence-corrected chi connectivity index (χ3v) is 29.0. The monoisotopic (exact) mass is 1180 g/mol. The smallest absolute Gasteiger partial charge is 0.331 e. The second kappa shape index (κ2) is 20.9. The number of hydrogen-bond acceptors (Lipinski definition) is 10. The van der Waals surface area contributed by atoms with Crippen LogP contribution in [0.2, 0.25) is 0 Å². The van der Waals surface area contributed by atoms with E-state index < -0.39 is 68.4 Å². The second-order valence-corrected chi connectivity index (χ2v) is 32.1. The van der Waals surface area contributed by atoms with E-state index in [2.05, 4.69) is 85.6 Å². The lowest BCUT2D eigenvalue weighted by atomic mass is 9.32. The van der Waals surface area contributed by atoms with E-state index in [9.17, 15) is 20.1 Å². The summed E-state index contributed by atoms with van der Waals surface area (Å²) in [5.74, 6) is 6.51. The predicted molar refractivity (Wildman–Crippen MR) is 332 cm³/mol. The van der Waals surface area contributed by atoms with Gasteiger partial charge in [-0.15, -0.1) is 0 Å². The van der Waals surface area contributed by atoms with Crippen LogP contribution in [-0.2, 0) is 44.9 Å². The van der Waals surface area contributed by atoms with Crippen molar-refractivity contribution in [1.29, 1.82) is 0 Å². The number of benzene rings is 3. The zero-order chi connectivity index (χ0) is 59.6. The predicted octanol–water partition coefficient (Wildman–Crippen LogP) is 11.3. The zero-order valence-corrected chi connectivity index (χ0v) is 52.1. The van der Waals surface area contributed by atoms with Gasteiger partial charge >= 0.3 is 5.97 Å². The minimum absolute atomic E-state index is 0.129. The number of rotatable bonds is 6. The summed E-state index contributed by atoms with van der Waals surface area (Å²) >= 11 is 0. The summed E-state index contributed by atoms with van der Waals surface area (Å²) in [5, 5.41) is 75.2. The van der Waals surface area contributed by atoms with Gasteiger partial charge in [-0.1, -0.05) is 112 Å². The van der Waals surface area contributed by atoms with Crippen LogP contribution >= 0.6 is 0 Å². The van der Waals surface area contributed by atoms with Crippen molar-refractivity contribution in [2.24, 2.45) is 92.7 Å². The van der Waals surface area contributed by atoms with Gasteiger partial charge in [-0.05, 0) is 228 Å². The molecule has 87 heavy (non-hydrogen) atoms. The minimum Gasteiger partial charge on any atom is -0.454 e. The van der Waals surface area contributed by atoms with Crippen molar-refractivity contribution in [2.75, 3.05) is 13.7 Å². The highest BCUT2D eigenvalue weighted by Crippen LogP contribution is 2.81. The number of carbonyl (C=O) groups excluding carboxylic acids is 2. The molecule has 0 amide bonds. The Balaban J connectivity index is 0.934. The Hall–Kier alpha value is -4.18. The Morgan fingerprint density at radius 3 is 2.38 bits per heavy atom. The first-order chi connectivity index (χ1) is 42.1. The molecule has 10 heteroatoms. The average molecular weight is 1180 g/mol. The van der Waals surface area contributed by atoms with Crippen LogP contribution < -0.4 is 5.32 Å². The lowest BCUT2D eigenvalue weighted by Gasteiger charge is -2.75. The van der Waals surface area contributed by atoms with E-state index in [0.717, 1.165) is 99.2 Å². The lowest BCUT2D eigenvalue weighted by Crippen LogP contribution is -2.87. The number of esters is 1. The van der Waals surface area contributed by atoms with E-state index in [1.165, 1.54) is 47.9 Å². The summed E-state index contributed by atoms with van der Waals surface area (Å²) in [6, 6.07) is 24.6. The maximum atomic E-state index is 15.8. The number of carbonyl (C=O) groups is 2.